The lowest BCUT2D eigenvalue weighted by atomic mass is 9.96. The van der Waals surface area contributed by atoms with Crippen molar-refractivity contribution < 1.29 is 22.4 Å². The third-order valence-corrected chi connectivity index (χ3v) is 4.50. The molecule has 0 spiro atoms. The monoisotopic (exact) mass is 349 g/mol. The van der Waals surface area contributed by atoms with Crippen LogP contribution in [0.3, 0.4) is 0 Å². The molecule has 2 rings (SSSR count). The van der Waals surface area contributed by atoms with Gasteiger partial charge in [0.1, 0.15) is 12.9 Å². The molecule has 0 saturated carbocycles. The van der Waals surface area contributed by atoms with E-state index >= 15 is 0 Å². The molecule has 0 heterocycles. The Labute approximate surface area is 139 Å². The first-order chi connectivity index (χ1) is 11.2. The number of oxime groups is 1. The molecule has 0 aromatic heterocycles. The average molecular weight is 349 g/mol. The normalized spacial score (nSPS) is 12.1. The number of hydrogen-bond acceptors (Lipinski definition) is 5. The molecule has 0 aliphatic heterocycles. The van der Waals surface area contributed by atoms with Crippen LogP contribution in [0.4, 0.5) is 4.39 Å². The average Bonchev–Trinajstić information content (AvgIpc) is 2.53. The summed E-state index contributed by atoms with van der Waals surface area (Å²) in [4.78, 5) is 17.5. The number of rotatable bonds is 5. The van der Waals surface area contributed by atoms with Crippen LogP contribution in [0.25, 0.3) is 0 Å². The highest BCUT2D eigenvalue weighted by Gasteiger charge is 2.19. The second-order valence-corrected chi connectivity index (χ2v) is 7.19. The lowest BCUT2D eigenvalue weighted by Crippen LogP contribution is -2.11. The number of sulfone groups is 1. The van der Waals surface area contributed by atoms with Crippen molar-refractivity contribution in [3.05, 3.63) is 65.0 Å². The van der Waals surface area contributed by atoms with Crippen LogP contribution in [0, 0.1) is 5.82 Å². The van der Waals surface area contributed by atoms with Gasteiger partial charge in [0.2, 0.25) is 0 Å². The smallest absolute Gasteiger partial charge is 0.193 e. The fourth-order valence-electron chi connectivity index (χ4n) is 2.20. The van der Waals surface area contributed by atoms with Crippen LogP contribution in [-0.4, -0.2) is 33.3 Å². The van der Waals surface area contributed by atoms with E-state index in [1.54, 1.807) is 6.92 Å². The van der Waals surface area contributed by atoms with Gasteiger partial charge in [-0.05, 0) is 43.3 Å². The molecular weight excluding hydrogens is 333 g/mol. The maximum absolute atomic E-state index is 13.1. The Morgan fingerprint density at radius 3 is 2.25 bits per heavy atom. The third-order valence-electron chi connectivity index (χ3n) is 3.39. The molecule has 0 aliphatic carbocycles. The van der Waals surface area contributed by atoms with E-state index in [1.165, 1.54) is 49.6 Å². The first kappa shape index (κ1) is 17.8. The summed E-state index contributed by atoms with van der Waals surface area (Å²) in [5, 5.41) is 3.79. The van der Waals surface area contributed by atoms with Crippen molar-refractivity contribution in [1.82, 2.24) is 0 Å². The number of carbonyl (C=O) groups excluding carboxylic acids is 1. The molecule has 2 aromatic carbocycles. The molecule has 0 fully saturated rings. The molecule has 0 N–H and O–H groups in total. The Kier molecular flexibility index (Phi) is 5.14. The van der Waals surface area contributed by atoms with E-state index in [9.17, 15) is 17.6 Å². The second-order valence-electron chi connectivity index (χ2n) is 5.17. The quantitative estimate of drug-likeness (QED) is 0.473. The van der Waals surface area contributed by atoms with Gasteiger partial charge in [-0.25, -0.2) is 12.8 Å². The van der Waals surface area contributed by atoms with Gasteiger partial charge < -0.3 is 4.84 Å². The van der Waals surface area contributed by atoms with E-state index in [0.717, 1.165) is 6.26 Å². The molecule has 0 saturated heterocycles. The zero-order valence-corrected chi connectivity index (χ0v) is 14.2. The predicted octanol–water partition coefficient (Wildman–Crippen LogP) is 2.83. The van der Waals surface area contributed by atoms with Gasteiger partial charge in [0.05, 0.1) is 10.6 Å². The minimum Gasteiger partial charge on any atom is -0.399 e. The summed E-state index contributed by atoms with van der Waals surface area (Å²) in [6, 6.07) is 9.23. The van der Waals surface area contributed by atoms with Crippen LogP contribution < -0.4 is 0 Å². The van der Waals surface area contributed by atoms with Crippen molar-refractivity contribution in [3.63, 3.8) is 0 Å². The van der Waals surface area contributed by atoms with Gasteiger partial charge in [0.15, 0.2) is 15.6 Å². The van der Waals surface area contributed by atoms with E-state index in [4.69, 9.17) is 4.84 Å². The minimum atomic E-state index is -3.49. The lowest BCUT2D eigenvalue weighted by molar-refractivity contribution is 0.103. The van der Waals surface area contributed by atoms with E-state index in [1.807, 2.05) is 0 Å². The number of ketones is 1. The Balaban J connectivity index is 2.65. The zero-order chi connectivity index (χ0) is 17.9. The van der Waals surface area contributed by atoms with Gasteiger partial charge >= 0.3 is 0 Å². The van der Waals surface area contributed by atoms with Crippen molar-refractivity contribution >= 4 is 21.3 Å². The summed E-state index contributed by atoms with van der Waals surface area (Å²) in [5.74, 6) is -0.894. The number of halogens is 1. The molecule has 2 aromatic rings. The molecule has 0 radical (unpaired) electrons. The molecule has 0 unspecified atom stereocenters. The van der Waals surface area contributed by atoms with E-state index in [2.05, 4.69) is 5.16 Å². The molecule has 5 nitrogen and oxygen atoms in total. The summed E-state index contributed by atoms with van der Waals surface area (Å²) in [5.41, 5.74) is 1.26. The molecule has 24 heavy (non-hydrogen) atoms. The van der Waals surface area contributed by atoms with Crippen LogP contribution in [0.5, 0.6) is 0 Å². The summed E-state index contributed by atoms with van der Waals surface area (Å²) < 4.78 is 36.6. The maximum Gasteiger partial charge on any atom is 0.193 e. The van der Waals surface area contributed by atoms with E-state index in [0.29, 0.717) is 11.3 Å². The van der Waals surface area contributed by atoms with Crippen LogP contribution in [0.2, 0.25) is 0 Å². The third kappa shape index (κ3) is 3.86. The van der Waals surface area contributed by atoms with Crippen molar-refractivity contribution in [2.45, 2.75) is 11.8 Å². The fourth-order valence-corrected chi connectivity index (χ4v) is 2.85. The minimum absolute atomic E-state index is 0.0157. The van der Waals surface area contributed by atoms with Gasteiger partial charge in [0, 0.05) is 22.9 Å². The number of benzene rings is 2. The molecule has 0 bridgehead atoms. The molecule has 7 heteroatoms. The van der Waals surface area contributed by atoms with Crippen LogP contribution in [-0.2, 0) is 14.7 Å². The lowest BCUT2D eigenvalue weighted by Gasteiger charge is -2.10. The van der Waals surface area contributed by atoms with Gasteiger partial charge in [-0.3, -0.25) is 4.79 Å². The van der Waals surface area contributed by atoms with E-state index in [-0.39, 0.29) is 16.0 Å². The van der Waals surface area contributed by atoms with Crippen LogP contribution in [0.1, 0.15) is 28.4 Å². The predicted molar refractivity (Wildman–Crippen MR) is 88.6 cm³/mol. The zero-order valence-electron chi connectivity index (χ0n) is 13.4. The van der Waals surface area contributed by atoms with Crippen molar-refractivity contribution in [1.29, 1.82) is 0 Å². The topological polar surface area (TPSA) is 72.8 Å². The van der Waals surface area contributed by atoms with Crippen molar-refractivity contribution in [3.8, 4) is 0 Å². The molecule has 0 atom stereocenters. The summed E-state index contributed by atoms with van der Waals surface area (Å²) in [7, 11) is -2.11. The second kappa shape index (κ2) is 6.92. The van der Waals surface area contributed by atoms with Crippen molar-refractivity contribution in [2.75, 3.05) is 13.4 Å². The first-order valence-electron chi connectivity index (χ1n) is 6.96. The summed E-state index contributed by atoms with van der Waals surface area (Å²) in [6.07, 6.45) is 1.06. The van der Waals surface area contributed by atoms with E-state index < -0.39 is 21.4 Å². The Morgan fingerprint density at radius 2 is 1.71 bits per heavy atom. The van der Waals surface area contributed by atoms with Crippen LogP contribution in [0.15, 0.2) is 52.5 Å². The first-order valence-corrected chi connectivity index (χ1v) is 8.85. The summed E-state index contributed by atoms with van der Waals surface area (Å²) in [6.45, 7) is 1.64. The molecular formula is C17H16FNO4S. The van der Waals surface area contributed by atoms with Gasteiger partial charge in [-0.1, -0.05) is 11.2 Å². The maximum atomic E-state index is 13.1. The molecule has 0 aliphatic rings. The fraction of sp³-hybridized carbons (Fsp3) is 0.176. The largest absolute Gasteiger partial charge is 0.399 e. The van der Waals surface area contributed by atoms with Gasteiger partial charge in [0.25, 0.3) is 0 Å². The highest BCUT2D eigenvalue weighted by molar-refractivity contribution is 7.90. The highest BCUT2D eigenvalue weighted by Crippen LogP contribution is 2.21. The Morgan fingerprint density at radius 1 is 1.08 bits per heavy atom. The Bertz CT molecular complexity index is 903. The molecule has 0 amide bonds. The summed E-state index contributed by atoms with van der Waals surface area (Å²) >= 11 is 0. The van der Waals surface area contributed by atoms with Crippen molar-refractivity contribution in [2.24, 2.45) is 5.16 Å². The number of nitrogens with zero attached hydrogens (tertiary/aromatic N) is 1. The van der Waals surface area contributed by atoms with Gasteiger partial charge in [-0.15, -0.1) is 0 Å². The number of carbonyl (C=O) groups is 1. The Hall–Kier alpha value is -2.54. The van der Waals surface area contributed by atoms with Gasteiger partial charge in [-0.2, -0.15) is 0 Å². The number of hydrogen-bond donors (Lipinski definition) is 0. The molecule has 126 valence electrons. The standard InChI is InChI=1S/C17H16FNO4S/c1-11(19-23-2)15-9-8-14(24(3,21)22)10-16(15)17(20)12-4-6-13(18)7-5-12/h4-10H,1-3H3/b19-11+. The van der Waals surface area contributed by atoms with Crippen LogP contribution >= 0.6 is 0 Å². The highest BCUT2D eigenvalue weighted by atomic mass is 32.2. The SMILES string of the molecule is CO/N=C(\C)c1ccc(S(C)(=O)=O)cc1C(=O)c1ccc(F)cc1.